The summed E-state index contributed by atoms with van der Waals surface area (Å²) in [6.07, 6.45) is 4.02. The Labute approximate surface area is 124 Å². The highest BCUT2D eigenvalue weighted by molar-refractivity contribution is 5.99. The molecule has 0 bridgehead atoms. The maximum atomic E-state index is 12.4. The topological polar surface area (TPSA) is 65.5 Å². The highest BCUT2D eigenvalue weighted by Crippen LogP contribution is 2.22. The van der Waals surface area contributed by atoms with Gasteiger partial charge in [0.15, 0.2) is 0 Å². The molecule has 2 aliphatic heterocycles. The van der Waals surface area contributed by atoms with Crippen LogP contribution in [0.1, 0.15) is 30.1 Å². The molecule has 3 rings (SSSR count). The Bertz CT molecular complexity index is 548. The van der Waals surface area contributed by atoms with E-state index in [1.807, 2.05) is 6.07 Å². The first-order chi connectivity index (χ1) is 10.1. The number of likely N-dealkylation sites (tertiary alicyclic amines) is 1. The number of hydrogen-bond acceptors (Lipinski definition) is 4. The summed E-state index contributed by atoms with van der Waals surface area (Å²) in [5.41, 5.74) is 0.626. The third kappa shape index (κ3) is 2.84. The minimum Gasteiger partial charge on any atom is -0.356 e. The largest absolute Gasteiger partial charge is 0.356 e. The van der Waals surface area contributed by atoms with Gasteiger partial charge in [-0.2, -0.15) is 0 Å². The molecule has 2 fully saturated rings. The van der Waals surface area contributed by atoms with Crippen molar-refractivity contribution in [2.75, 3.05) is 31.1 Å². The number of aromatic nitrogens is 1. The molecule has 2 amide bonds. The number of nitrogens with zero attached hydrogens (tertiary/aromatic N) is 3. The second-order valence-electron chi connectivity index (χ2n) is 5.66. The lowest BCUT2D eigenvalue weighted by Crippen LogP contribution is -2.60. The Kier molecular flexibility index (Phi) is 3.77. The maximum absolute atomic E-state index is 12.4. The van der Waals surface area contributed by atoms with Crippen molar-refractivity contribution >= 4 is 17.6 Å². The number of carbonyl (C=O) groups is 2. The van der Waals surface area contributed by atoms with Crippen LogP contribution in [0.5, 0.6) is 0 Å². The predicted molar refractivity (Wildman–Crippen MR) is 79.2 cm³/mol. The van der Waals surface area contributed by atoms with Crippen molar-refractivity contribution in [1.29, 1.82) is 0 Å². The Morgan fingerprint density at radius 3 is 2.67 bits per heavy atom. The zero-order chi connectivity index (χ0) is 14.8. The fourth-order valence-electron chi connectivity index (χ4n) is 2.85. The summed E-state index contributed by atoms with van der Waals surface area (Å²) in [5.74, 6) is 0.730. The zero-order valence-electron chi connectivity index (χ0n) is 12.2. The molecule has 3 heterocycles. The number of carbonyl (C=O) groups excluding carboxylic acids is 2. The van der Waals surface area contributed by atoms with Crippen molar-refractivity contribution in [2.45, 2.75) is 25.8 Å². The van der Waals surface area contributed by atoms with Crippen LogP contribution in [0.3, 0.4) is 0 Å². The van der Waals surface area contributed by atoms with E-state index < -0.39 is 0 Å². The summed E-state index contributed by atoms with van der Waals surface area (Å²) >= 11 is 0. The molecule has 0 atom stereocenters. The molecule has 112 valence electrons. The number of pyridine rings is 1. The van der Waals surface area contributed by atoms with Crippen molar-refractivity contribution < 1.29 is 9.59 Å². The molecule has 6 nitrogen and oxygen atoms in total. The van der Waals surface area contributed by atoms with E-state index in [0.29, 0.717) is 18.7 Å². The van der Waals surface area contributed by atoms with Crippen LogP contribution in [-0.4, -0.2) is 53.9 Å². The summed E-state index contributed by atoms with van der Waals surface area (Å²) in [4.78, 5) is 31.8. The molecular formula is C15H20N4O2. The summed E-state index contributed by atoms with van der Waals surface area (Å²) < 4.78 is 0. The quantitative estimate of drug-likeness (QED) is 0.886. The van der Waals surface area contributed by atoms with Crippen molar-refractivity contribution in [2.24, 2.45) is 0 Å². The summed E-state index contributed by atoms with van der Waals surface area (Å²) in [6.45, 7) is 4.66. The molecule has 2 aliphatic rings. The second-order valence-corrected chi connectivity index (χ2v) is 5.66. The van der Waals surface area contributed by atoms with Crippen LogP contribution in [0.4, 0.5) is 5.82 Å². The first-order valence-electron chi connectivity index (χ1n) is 7.41. The zero-order valence-corrected chi connectivity index (χ0v) is 12.2. The molecule has 0 saturated carbocycles. The molecule has 21 heavy (non-hydrogen) atoms. The molecular weight excluding hydrogens is 268 g/mol. The predicted octanol–water partition coefficient (Wildman–Crippen LogP) is 0.642. The van der Waals surface area contributed by atoms with E-state index in [1.54, 1.807) is 24.1 Å². The van der Waals surface area contributed by atoms with Crippen LogP contribution < -0.4 is 10.2 Å². The lowest BCUT2D eigenvalue weighted by molar-refractivity contribution is -0.133. The SMILES string of the molecule is CC(=O)N1CC(NC(=O)c2cccnc2N2CCCC2)C1. The van der Waals surface area contributed by atoms with Gasteiger partial charge in [0.2, 0.25) is 5.91 Å². The summed E-state index contributed by atoms with van der Waals surface area (Å²) in [7, 11) is 0. The lowest BCUT2D eigenvalue weighted by atomic mass is 10.1. The van der Waals surface area contributed by atoms with Crippen molar-refractivity contribution in [3.05, 3.63) is 23.9 Å². The third-order valence-electron chi connectivity index (χ3n) is 4.10. The van der Waals surface area contributed by atoms with Gasteiger partial charge in [0.05, 0.1) is 11.6 Å². The van der Waals surface area contributed by atoms with Gasteiger partial charge in [-0.1, -0.05) is 0 Å². The van der Waals surface area contributed by atoms with E-state index in [4.69, 9.17) is 0 Å². The number of nitrogens with one attached hydrogen (secondary N) is 1. The van der Waals surface area contributed by atoms with E-state index >= 15 is 0 Å². The van der Waals surface area contributed by atoms with Crippen LogP contribution in [0.2, 0.25) is 0 Å². The fourth-order valence-corrected chi connectivity index (χ4v) is 2.85. The molecule has 0 aliphatic carbocycles. The second kappa shape index (κ2) is 5.71. The Balaban J connectivity index is 1.66. The van der Waals surface area contributed by atoms with E-state index in [9.17, 15) is 9.59 Å². The Morgan fingerprint density at radius 2 is 2.00 bits per heavy atom. The first-order valence-corrected chi connectivity index (χ1v) is 7.41. The summed E-state index contributed by atoms with van der Waals surface area (Å²) in [5, 5.41) is 2.98. The fraction of sp³-hybridized carbons (Fsp3) is 0.533. The highest BCUT2D eigenvalue weighted by atomic mass is 16.2. The average molecular weight is 288 g/mol. The summed E-state index contributed by atoms with van der Waals surface area (Å²) in [6, 6.07) is 3.65. The molecule has 2 saturated heterocycles. The molecule has 1 aromatic heterocycles. The van der Waals surface area contributed by atoms with Gasteiger partial charge in [0, 0.05) is 39.3 Å². The number of amides is 2. The third-order valence-corrected chi connectivity index (χ3v) is 4.10. The minimum atomic E-state index is -0.0989. The van der Waals surface area contributed by atoms with E-state index in [1.165, 1.54) is 0 Å². The molecule has 0 spiro atoms. The standard InChI is InChI=1S/C15H20N4O2/c1-11(20)19-9-12(10-19)17-15(21)13-5-4-6-16-14(13)18-7-2-3-8-18/h4-6,12H,2-3,7-10H2,1H3,(H,17,21). The van der Waals surface area contributed by atoms with E-state index in [0.717, 1.165) is 31.7 Å². The van der Waals surface area contributed by atoms with Gasteiger partial charge in [-0.3, -0.25) is 9.59 Å². The highest BCUT2D eigenvalue weighted by Gasteiger charge is 2.31. The van der Waals surface area contributed by atoms with Gasteiger partial charge in [0.25, 0.3) is 5.91 Å². The Morgan fingerprint density at radius 1 is 1.29 bits per heavy atom. The molecule has 0 unspecified atom stereocenters. The molecule has 1 N–H and O–H groups in total. The Hall–Kier alpha value is -2.11. The number of anilines is 1. The van der Waals surface area contributed by atoms with Gasteiger partial charge in [-0.25, -0.2) is 4.98 Å². The van der Waals surface area contributed by atoms with Gasteiger partial charge < -0.3 is 15.1 Å². The smallest absolute Gasteiger partial charge is 0.255 e. The van der Waals surface area contributed by atoms with Gasteiger partial charge in [-0.15, -0.1) is 0 Å². The number of hydrogen-bond donors (Lipinski definition) is 1. The van der Waals surface area contributed by atoms with E-state index in [2.05, 4.69) is 15.2 Å². The molecule has 0 aromatic carbocycles. The maximum Gasteiger partial charge on any atom is 0.255 e. The van der Waals surface area contributed by atoms with Crippen molar-refractivity contribution in [3.8, 4) is 0 Å². The van der Waals surface area contributed by atoms with Gasteiger partial charge in [-0.05, 0) is 25.0 Å². The van der Waals surface area contributed by atoms with Crippen LogP contribution in [0.25, 0.3) is 0 Å². The lowest BCUT2D eigenvalue weighted by Gasteiger charge is -2.39. The van der Waals surface area contributed by atoms with Crippen LogP contribution in [0.15, 0.2) is 18.3 Å². The first kappa shape index (κ1) is 13.9. The van der Waals surface area contributed by atoms with Crippen LogP contribution in [0, 0.1) is 0 Å². The minimum absolute atomic E-state index is 0.0491. The van der Waals surface area contributed by atoms with Gasteiger partial charge in [0.1, 0.15) is 5.82 Å². The van der Waals surface area contributed by atoms with Crippen molar-refractivity contribution in [1.82, 2.24) is 15.2 Å². The van der Waals surface area contributed by atoms with Crippen LogP contribution in [-0.2, 0) is 4.79 Å². The van der Waals surface area contributed by atoms with Crippen molar-refractivity contribution in [3.63, 3.8) is 0 Å². The molecule has 0 radical (unpaired) electrons. The normalized spacial score (nSPS) is 18.5. The van der Waals surface area contributed by atoms with E-state index in [-0.39, 0.29) is 17.9 Å². The average Bonchev–Trinajstić information content (AvgIpc) is 2.95. The molecule has 1 aromatic rings. The van der Waals surface area contributed by atoms with Gasteiger partial charge >= 0.3 is 0 Å². The number of rotatable bonds is 3. The molecule has 6 heteroatoms. The monoisotopic (exact) mass is 288 g/mol. The van der Waals surface area contributed by atoms with Crippen LogP contribution >= 0.6 is 0 Å².